The van der Waals surface area contributed by atoms with Crippen molar-refractivity contribution in [3.8, 4) is 0 Å². The molecule has 0 saturated heterocycles. The maximum atomic E-state index is 13.3. The van der Waals surface area contributed by atoms with Crippen molar-refractivity contribution in [2.45, 2.75) is 137 Å². The molecular weight excluding hydrogens is 891 g/mol. The van der Waals surface area contributed by atoms with Crippen LogP contribution in [0.4, 0.5) is 28.4 Å². The van der Waals surface area contributed by atoms with Gasteiger partial charge in [0.15, 0.2) is 11.6 Å². The standard InChI is InChI=1S/C33H42N4O3.C23H27NO4.3CH4/c1-31(2,3)28(38)21-18-22(29(39)34-24-10-14-26(15-11-24)36-32(4,5)6)20-23(19-21)30(40)35-25-12-16-27(17-13-25)37-33(7,8)9;1-14(2)10-15-6-8-19(9-7-15)24-21(26)17-11-16(20(25)23(3,4)5)12-18(13-17)22(27)28;;;/h10-20,36-37H,1-9H3,(H,34,39)(H,35,40);6-9,11-14H,10H2,1-5H3,(H,24,26)(H,27,28);3*1H4. The van der Waals surface area contributed by atoms with Crippen molar-refractivity contribution in [2.24, 2.45) is 16.7 Å². The van der Waals surface area contributed by atoms with Crippen LogP contribution in [0, 0.1) is 16.7 Å². The van der Waals surface area contributed by atoms with Crippen LogP contribution >= 0.6 is 0 Å². The Balaban J connectivity index is 0.000000720. The number of benzene rings is 5. The van der Waals surface area contributed by atoms with E-state index in [2.05, 4.69) is 82.0 Å². The fraction of sp³-hybridized carbons (Fsp3) is 0.390. The molecule has 5 aromatic carbocycles. The Bertz CT molecular complexity index is 2530. The van der Waals surface area contributed by atoms with Crippen LogP contribution in [0.5, 0.6) is 0 Å². The number of carbonyl (C=O) groups excluding carboxylic acids is 5. The van der Waals surface area contributed by atoms with Crippen molar-refractivity contribution in [2.75, 3.05) is 26.6 Å². The lowest BCUT2D eigenvalue weighted by Crippen LogP contribution is -2.26. The summed E-state index contributed by atoms with van der Waals surface area (Å²) in [6, 6.07) is 31.0. The van der Waals surface area contributed by atoms with E-state index in [1.54, 1.807) is 32.9 Å². The van der Waals surface area contributed by atoms with E-state index < -0.39 is 34.5 Å². The van der Waals surface area contributed by atoms with Gasteiger partial charge in [-0.05, 0) is 157 Å². The van der Waals surface area contributed by atoms with Crippen LogP contribution in [0.25, 0.3) is 0 Å². The van der Waals surface area contributed by atoms with Crippen LogP contribution in [0.3, 0.4) is 0 Å². The lowest BCUT2D eigenvalue weighted by molar-refractivity contribution is 0.0696. The van der Waals surface area contributed by atoms with Crippen molar-refractivity contribution < 1.29 is 33.9 Å². The number of hydrogen-bond donors (Lipinski definition) is 6. The second-order valence-corrected chi connectivity index (χ2v) is 21.6. The van der Waals surface area contributed by atoms with Gasteiger partial charge in [0.1, 0.15) is 0 Å². The summed E-state index contributed by atoms with van der Waals surface area (Å²) in [4.78, 5) is 76.4. The van der Waals surface area contributed by atoms with Crippen LogP contribution in [-0.4, -0.2) is 51.4 Å². The molecule has 0 atom stereocenters. The molecular formula is C59H81N5O7. The number of hydrogen-bond acceptors (Lipinski definition) is 8. The fourth-order valence-corrected chi connectivity index (χ4v) is 6.85. The molecule has 71 heavy (non-hydrogen) atoms. The quantitative estimate of drug-likeness (QED) is 0.0625. The zero-order valence-electron chi connectivity index (χ0n) is 42.1. The van der Waals surface area contributed by atoms with Gasteiger partial charge in [-0.25, -0.2) is 4.79 Å². The molecule has 0 saturated carbocycles. The third-order valence-corrected chi connectivity index (χ3v) is 9.97. The monoisotopic (exact) mass is 972 g/mol. The number of anilines is 5. The van der Waals surface area contributed by atoms with E-state index in [4.69, 9.17) is 0 Å². The SMILES string of the molecule is C.C.C.CC(C)(C)Nc1ccc(NC(=O)c2cc(C(=O)Nc3ccc(NC(C)(C)C)cc3)cc(C(=O)C(C)(C)C)c2)cc1.CC(C)Cc1ccc(NC(=O)c2cc(C(=O)O)cc(C(=O)C(C)(C)C)c2)cc1. The van der Waals surface area contributed by atoms with Crippen LogP contribution in [0.15, 0.2) is 109 Å². The van der Waals surface area contributed by atoms with E-state index in [9.17, 15) is 33.9 Å². The van der Waals surface area contributed by atoms with Gasteiger partial charge in [0, 0.05) is 78.2 Å². The van der Waals surface area contributed by atoms with Gasteiger partial charge in [-0.1, -0.05) is 89.8 Å². The predicted octanol–water partition coefficient (Wildman–Crippen LogP) is 14.8. The van der Waals surface area contributed by atoms with Gasteiger partial charge in [0.2, 0.25) is 0 Å². The average Bonchev–Trinajstić information content (AvgIpc) is 3.23. The Labute approximate surface area is 424 Å². The number of Topliss-reactive ketones (excluding diaryl/α,β-unsaturated/α-hetero) is 2. The molecule has 12 nitrogen and oxygen atoms in total. The van der Waals surface area contributed by atoms with Gasteiger partial charge in [-0.3, -0.25) is 24.0 Å². The highest BCUT2D eigenvalue weighted by molar-refractivity contribution is 6.12. The third kappa shape index (κ3) is 19.7. The molecule has 0 radical (unpaired) electrons. The number of carboxylic acid groups (broad SMARTS) is 1. The lowest BCUT2D eigenvalue weighted by Gasteiger charge is -2.22. The number of ketones is 2. The summed E-state index contributed by atoms with van der Waals surface area (Å²) in [7, 11) is 0. The summed E-state index contributed by atoms with van der Waals surface area (Å²) >= 11 is 0. The fourth-order valence-electron chi connectivity index (χ4n) is 6.85. The maximum absolute atomic E-state index is 13.3. The molecule has 0 aliphatic heterocycles. The Kier molecular flexibility index (Phi) is 21.9. The normalized spacial score (nSPS) is 11.2. The number of rotatable bonds is 13. The van der Waals surface area contributed by atoms with Gasteiger partial charge in [0.05, 0.1) is 5.56 Å². The van der Waals surface area contributed by atoms with Crippen molar-refractivity contribution in [1.29, 1.82) is 0 Å². The highest BCUT2D eigenvalue weighted by Gasteiger charge is 2.27. The van der Waals surface area contributed by atoms with Gasteiger partial charge in [0.25, 0.3) is 17.7 Å². The van der Waals surface area contributed by atoms with E-state index in [0.717, 1.165) is 17.8 Å². The summed E-state index contributed by atoms with van der Waals surface area (Å²) in [5.41, 5.74) is 4.33. The molecule has 5 rings (SSSR count). The van der Waals surface area contributed by atoms with Gasteiger partial charge in [-0.2, -0.15) is 0 Å². The highest BCUT2D eigenvalue weighted by Crippen LogP contribution is 2.27. The van der Waals surface area contributed by atoms with Gasteiger partial charge < -0.3 is 31.7 Å². The molecule has 3 amide bonds. The Hall–Kier alpha value is -7.08. The Morgan fingerprint density at radius 2 is 0.662 bits per heavy atom. The summed E-state index contributed by atoms with van der Waals surface area (Å²) in [5.74, 6) is -2.30. The van der Waals surface area contributed by atoms with E-state index in [0.29, 0.717) is 28.5 Å². The Morgan fingerprint density at radius 1 is 0.408 bits per heavy atom. The minimum atomic E-state index is -1.18. The molecule has 384 valence electrons. The van der Waals surface area contributed by atoms with Crippen molar-refractivity contribution >= 4 is 63.7 Å². The topological polar surface area (TPSA) is 183 Å². The van der Waals surface area contributed by atoms with E-state index in [-0.39, 0.29) is 72.7 Å². The second kappa shape index (κ2) is 25.2. The summed E-state index contributed by atoms with van der Waals surface area (Å²) in [6.45, 7) is 27.4. The minimum absolute atomic E-state index is 0. The second-order valence-electron chi connectivity index (χ2n) is 21.6. The van der Waals surface area contributed by atoms with Crippen molar-refractivity contribution in [3.05, 3.63) is 148 Å². The molecule has 0 heterocycles. The first-order valence-electron chi connectivity index (χ1n) is 22.8. The summed E-state index contributed by atoms with van der Waals surface area (Å²) in [6.07, 6.45) is 0.952. The maximum Gasteiger partial charge on any atom is 0.335 e. The van der Waals surface area contributed by atoms with Crippen LogP contribution in [0.2, 0.25) is 0 Å². The first-order chi connectivity index (χ1) is 31.4. The van der Waals surface area contributed by atoms with Gasteiger partial charge in [-0.15, -0.1) is 0 Å². The minimum Gasteiger partial charge on any atom is -0.478 e. The molecule has 6 N–H and O–H groups in total. The smallest absolute Gasteiger partial charge is 0.335 e. The molecule has 0 aromatic heterocycles. The molecule has 0 fully saturated rings. The third-order valence-electron chi connectivity index (χ3n) is 9.97. The number of amides is 3. The molecule has 5 aromatic rings. The molecule has 0 bridgehead atoms. The lowest BCUT2D eigenvalue weighted by atomic mass is 9.85. The zero-order chi connectivity index (χ0) is 50.9. The van der Waals surface area contributed by atoms with Crippen LogP contribution in [-0.2, 0) is 6.42 Å². The summed E-state index contributed by atoms with van der Waals surface area (Å²) in [5, 5.41) is 24.6. The largest absolute Gasteiger partial charge is 0.478 e. The number of carbonyl (C=O) groups is 6. The number of carboxylic acids is 1. The molecule has 0 unspecified atom stereocenters. The first-order valence-corrected chi connectivity index (χ1v) is 22.8. The van der Waals surface area contributed by atoms with Crippen molar-refractivity contribution in [1.82, 2.24) is 0 Å². The molecule has 0 aliphatic rings. The average molecular weight is 972 g/mol. The Morgan fingerprint density at radius 3 is 0.930 bits per heavy atom. The number of nitrogens with one attached hydrogen (secondary N) is 5. The molecule has 0 aliphatic carbocycles. The first kappa shape index (κ1) is 61.9. The van der Waals surface area contributed by atoms with E-state index >= 15 is 0 Å². The number of aromatic carboxylic acids is 1. The molecule has 0 spiro atoms. The van der Waals surface area contributed by atoms with E-state index in [1.165, 1.54) is 29.8 Å². The zero-order valence-corrected chi connectivity index (χ0v) is 42.1. The van der Waals surface area contributed by atoms with Crippen LogP contribution in [0.1, 0.15) is 187 Å². The summed E-state index contributed by atoms with van der Waals surface area (Å²) < 4.78 is 0. The highest BCUT2D eigenvalue weighted by atomic mass is 16.4. The van der Waals surface area contributed by atoms with Crippen LogP contribution < -0.4 is 26.6 Å². The molecule has 12 heteroatoms. The van der Waals surface area contributed by atoms with Gasteiger partial charge >= 0.3 is 5.97 Å². The van der Waals surface area contributed by atoms with Crippen molar-refractivity contribution in [3.63, 3.8) is 0 Å². The van der Waals surface area contributed by atoms with E-state index in [1.807, 2.05) is 93.6 Å². The predicted molar refractivity (Wildman–Crippen MR) is 296 cm³/mol.